The van der Waals surface area contributed by atoms with Crippen molar-refractivity contribution in [3.63, 3.8) is 0 Å². The molecule has 0 fully saturated rings. The third-order valence-electron chi connectivity index (χ3n) is 2.78. The van der Waals surface area contributed by atoms with Crippen LogP contribution in [0.2, 0.25) is 0 Å². The largest absolute Gasteiger partial charge is 0.493 e. The van der Waals surface area contributed by atoms with Crippen molar-refractivity contribution >= 4 is 27.5 Å². The van der Waals surface area contributed by atoms with E-state index in [2.05, 4.69) is 49.7 Å². The van der Waals surface area contributed by atoms with E-state index >= 15 is 0 Å². The van der Waals surface area contributed by atoms with E-state index in [0.29, 0.717) is 11.3 Å². The number of ether oxygens (including phenoxy) is 1. The van der Waals surface area contributed by atoms with E-state index in [1.807, 2.05) is 6.07 Å². The topological polar surface area (TPSA) is 9.23 Å². The van der Waals surface area contributed by atoms with Crippen LogP contribution in [0.15, 0.2) is 16.6 Å². The van der Waals surface area contributed by atoms with Gasteiger partial charge in [-0.2, -0.15) is 0 Å². The van der Waals surface area contributed by atoms with Crippen LogP contribution >= 0.6 is 27.5 Å². The highest BCUT2D eigenvalue weighted by molar-refractivity contribution is 9.10. The lowest BCUT2D eigenvalue weighted by Crippen LogP contribution is -2.08. The molecule has 18 heavy (non-hydrogen) atoms. The zero-order chi connectivity index (χ0) is 13.8. The highest BCUT2D eigenvalue weighted by Crippen LogP contribution is 2.30. The molecule has 3 heteroatoms. The van der Waals surface area contributed by atoms with Gasteiger partial charge in [0.05, 0.1) is 12.5 Å². The minimum atomic E-state index is 0.368. The maximum absolute atomic E-state index is 5.96. The first-order valence-corrected chi connectivity index (χ1v) is 7.64. The fourth-order valence-electron chi connectivity index (χ4n) is 1.88. The molecule has 1 aromatic carbocycles. The van der Waals surface area contributed by atoms with Gasteiger partial charge in [-0.25, -0.2) is 0 Å². The van der Waals surface area contributed by atoms with Crippen molar-refractivity contribution in [3.05, 3.63) is 27.7 Å². The number of halogens is 2. The summed E-state index contributed by atoms with van der Waals surface area (Å²) in [5.74, 6) is 1.43. The highest BCUT2D eigenvalue weighted by Gasteiger charge is 2.11. The van der Waals surface area contributed by atoms with E-state index < -0.39 is 0 Å². The molecule has 1 rings (SSSR count). The van der Waals surface area contributed by atoms with Gasteiger partial charge in [0.2, 0.25) is 0 Å². The predicted octanol–water partition coefficient (Wildman–Crippen LogP) is 5.70. The van der Waals surface area contributed by atoms with Gasteiger partial charge in [0.15, 0.2) is 0 Å². The Labute approximate surface area is 124 Å². The molecule has 1 nitrogen and oxygen atoms in total. The van der Waals surface area contributed by atoms with Crippen LogP contribution in [0.25, 0.3) is 0 Å². The quantitative estimate of drug-likeness (QED) is 0.496. The van der Waals surface area contributed by atoms with Crippen LogP contribution in [0, 0.1) is 12.3 Å². The SMILES string of the molecule is Cc1cc(Br)cc(CCl)c1OCCCC(C)(C)C. The minimum absolute atomic E-state index is 0.368. The minimum Gasteiger partial charge on any atom is -0.493 e. The number of hydrogen-bond donors (Lipinski definition) is 0. The van der Waals surface area contributed by atoms with Crippen LogP contribution in [0.5, 0.6) is 5.75 Å². The zero-order valence-electron chi connectivity index (χ0n) is 11.6. The summed E-state index contributed by atoms with van der Waals surface area (Å²) in [6, 6.07) is 4.09. The summed E-state index contributed by atoms with van der Waals surface area (Å²) in [5.41, 5.74) is 2.56. The van der Waals surface area contributed by atoms with Crippen molar-refractivity contribution in [3.8, 4) is 5.75 Å². The molecule has 0 atom stereocenters. The van der Waals surface area contributed by atoms with Gasteiger partial charge in [-0.1, -0.05) is 36.7 Å². The fourth-order valence-corrected chi connectivity index (χ4v) is 2.70. The molecule has 0 aliphatic heterocycles. The van der Waals surface area contributed by atoms with Crippen LogP contribution in [0.3, 0.4) is 0 Å². The molecule has 0 amide bonds. The van der Waals surface area contributed by atoms with Gasteiger partial charge in [0.1, 0.15) is 5.75 Å². The summed E-state index contributed by atoms with van der Waals surface area (Å²) in [4.78, 5) is 0. The molecule has 0 saturated heterocycles. The Morgan fingerprint density at radius 2 is 1.94 bits per heavy atom. The van der Waals surface area contributed by atoms with Gasteiger partial charge in [0, 0.05) is 10.0 Å². The molecule has 0 unspecified atom stereocenters. The molecule has 0 radical (unpaired) electrons. The lowest BCUT2D eigenvalue weighted by atomic mass is 9.91. The third-order valence-corrected chi connectivity index (χ3v) is 3.52. The van der Waals surface area contributed by atoms with E-state index in [1.165, 1.54) is 6.42 Å². The van der Waals surface area contributed by atoms with Gasteiger partial charge in [0.25, 0.3) is 0 Å². The average molecular weight is 334 g/mol. The van der Waals surface area contributed by atoms with Crippen LogP contribution in [0.4, 0.5) is 0 Å². The number of aryl methyl sites for hydroxylation is 1. The van der Waals surface area contributed by atoms with Gasteiger partial charge < -0.3 is 4.74 Å². The summed E-state index contributed by atoms with van der Waals surface area (Å²) in [7, 11) is 0. The predicted molar refractivity (Wildman–Crippen MR) is 82.6 cm³/mol. The summed E-state index contributed by atoms with van der Waals surface area (Å²) < 4.78 is 6.96. The second-order valence-corrected chi connectivity index (χ2v) is 7.04. The Morgan fingerprint density at radius 1 is 1.28 bits per heavy atom. The molecule has 0 spiro atoms. The van der Waals surface area contributed by atoms with Crippen molar-refractivity contribution in [2.45, 2.75) is 46.4 Å². The van der Waals surface area contributed by atoms with Gasteiger partial charge >= 0.3 is 0 Å². The van der Waals surface area contributed by atoms with Crippen molar-refractivity contribution in [2.75, 3.05) is 6.61 Å². The van der Waals surface area contributed by atoms with Crippen molar-refractivity contribution in [1.29, 1.82) is 0 Å². The first-order chi connectivity index (χ1) is 8.33. The number of rotatable bonds is 5. The van der Waals surface area contributed by atoms with Gasteiger partial charge in [-0.3, -0.25) is 0 Å². The Morgan fingerprint density at radius 3 is 2.50 bits per heavy atom. The van der Waals surface area contributed by atoms with Crippen LogP contribution in [-0.2, 0) is 5.88 Å². The normalized spacial score (nSPS) is 11.7. The lowest BCUT2D eigenvalue weighted by molar-refractivity contribution is 0.266. The van der Waals surface area contributed by atoms with Crippen LogP contribution in [-0.4, -0.2) is 6.61 Å². The second-order valence-electron chi connectivity index (χ2n) is 5.86. The Hall–Kier alpha value is -0.210. The Balaban J connectivity index is 2.62. The van der Waals surface area contributed by atoms with Crippen LogP contribution < -0.4 is 4.74 Å². The van der Waals surface area contributed by atoms with E-state index in [-0.39, 0.29) is 0 Å². The maximum atomic E-state index is 5.96. The Kier molecular flexibility index (Phi) is 6.00. The standard InChI is InChI=1S/C15H22BrClO/c1-11-8-13(16)9-12(10-17)14(11)18-7-5-6-15(2,3)4/h8-9H,5-7,10H2,1-4H3. The van der Waals surface area contributed by atoms with Crippen molar-refractivity contribution < 1.29 is 4.74 Å². The molecule has 0 saturated carbocycles. The molecule has 0 aliphatic carbocycles. The van der Waals surface area contributed by atoms with Crippen LogP contribution in [0.1, 0.15) is 44.7 Å². The molecule has 0 aromatic heterocycles. The summed E-state index contributed by atoms with van der Waals surface area (Å²) >= 11 is 9.44. The van der Waals surface area contributed by atoms with Crippen molar-refractivity contribution in [2.24, 2.45) is 5.41 Å². The summed E-state index contributed by atoms with van der Waals surface area (Å²) in [6.45, 7) is 9.57. The molecule has 0 N–H and O–H groups in total. The maximum Gasteiger partial charge on any atom is 0.126 e. The monoisotopic (exact) mass is 332 g/mol. The summed E-state index contributed by atoms with van der Waals surface area (Å²) in [5, 5.41) is 0. The van der Waals surface area contributed by atoms with E-state index in [1.54, 1.807) is 0 Å². The van der Waals surface area contributed by atoms with Crippen molar-refractivity contribution in [1.82, 2.24) is 0 Å². The molecule has 1 aromatic rings. The molecule has 102 valence electrons. The fraction of sp³-hybridized carbons (Fsp3) is 0.600. The number of hydrogen-bond acceptors (Lipinski definition) is 1. The Bertz CT molecular complexity index is 396. The van der Waals surface area contributed by atoms with E-state index in [4.69, 9.17) is 16.3 Å². The van der Waals surface area contributed by atoms with E-state index in [9.17, 15) is 0 Å². The third kappa shape index (κ3) is 5.19. The van der Waals surface area contributed by atoms with E-state index in [0.717, 1.165) is 34.4 Å². The molecular formula is C15H22BrClO. The highest BCUT2D eigenvalue weighted by atomic mass is 79.9. The lowest BCUT2D eigenvalue weighted by Gasteiger charge is -2.19. The first kappa shape index (κ1) is 15.8. The molecule has 0 bridgehead atoms. The second kappa shape index (κ2) is 6.81. The first-order valence-electron chi connectivity index (χ1n) is 6.31. The molecule has 0 aliphatic rings. The smallest absolute Gasteiger partial charge is 0.126 e. The number of benzene rings is 1. The van der Waals surface area contributed by atoms with Gasteiger partial charge in [-0.05, 0) is 42.9 Å². The van der Waals surface area contributed by atoms with Gasteiger partial charge in [-0.15, -0.1) is 11.6 Å². The number of alkyl halides is 1. The molecular weight excluding hydrogens is 312 g/mol. The molecule has 0 heterocycles. The zero-order valence-corrected chi connectivity index (χ0v) is 14.0. The summed E-state index contributed by atoms with van der Waals surface area (Å²) in [6.07, 6.45) is 2.24. The average Bonchev–Trinajstić information content (AvgIpc) is 2.24.